The van der Waals surface area contributed by atoms with Crippen molar-refractivity contribution in [2.75, 3.05) is 13.7 Å². The van der Waals surface area contributed by atoms with Gasteiger partial charge in [-0.2, -0.15) is 9.97 Å². The van der Waals surface area contributed by atoms with Gasteiger partial charge in [0.1, 0.15) is 0 Å². The van der Waals surface area contributed by atoms with E-state index in [2.05, 4.69) is 28.8 Å². The Kier molecular flexibility index (Phi) is 5.25. The van der Waals surface area contributed by atoms with Crippen molar-refractivity contribution in [3.8, 4) is 12.0 Å². The Hall–Kier alpha value is -1.10. The van der Waals surface area contributed by atoms with Crippen molar-refractivity contribution >= 4 is 11.6 Å². The van der Waals surface area contributed by atoms with Crippen molar-refractivity contribution in [2.45, 2.75) is 26.7 Å². The summed E-state index contributed by atoms with van der Waals surface area (Å²) in [5.41, 5.74) is 0. The number of aromatic nitrogens is 3. The van der Waals surface area contributed by atoms with Gasteiger partial charge in [-0.05, 0) is 23.9 Å². The summed E-state index contributed by atoms with van der Waals surface area (Å²) in [6.45, 7) is 4.82. The van der Waals surface area contributed by atoms with E-state index in [1.54, 1.807) is 0 Å². The molecule has 0 bridgehead atoms. The van der Waals surface area contributed by atoms with Crippen molar-refractivity contribution in [1.82, 2.24) is 15.0 Å². The van der Waals surface area contributed by atoms with E-state index < -0.39 is 0 Å². The molecule has 0 N–H and O–H groups in total. The Morgan fingerprint density at radius 1 is 1.25 bits per heavy atom. The van der Waals surface area contributed by atoms with E-state index in [0.29, 0.717) is 12.5 Å². The van der Waals surface area contributed by atoms with Crippen LogP contribution in [0.5, 0.6) is 12.0 Å². The van der Waals surface area contributed by atoms with Crippen molar-refractivity contribution in [2.24, 2.45) is 5.92 Å². The van der Waals surface area contributed by atoms with Crippen LogP contribution in [0.15, 0.2) is 0 Å². The predicted octanol–water partition coefficient (Wildman–Crippen LogP) is 2.35. The first kappa shape index (κ1) is 13.0. The molecule has 16 heavy (non-hydrogen) atoms. The van der Waals surface area contributed by atoms with Crippen LogP contribution in [0, 0.1) is 5.92 Å². The Morgan fingerprint density at radius 2 is 1.94 bits per heavy atom. The molecule has 0 saturated heterocycles. The first-order valence-electron chi connectivity index (χ1n) is 5.24. The highest BCUT2D eigenvalue weighted by Gasteiger charge is 2.08. The molecule has 0 aliphatic rings. The quantitative estimate of drug-likeness (QED) is 0.770. The summed E-state index contributed by atoms with van der Waals surface area (Å²) in [4.78, 5) is 11.5. The van der Waals surface area contributed by atoms with Crippen LogP contribution in [0.2, 0.25) is 5.28 Å². The van der Waals surface area contributed by atoms with Crippen molar-refractivity contribution in [3.05, 3.63) is 5.28 Å². The number of hydrogen-bond acceptors (Lipinski definition) is 5. The van der Waals surface area contributed by atoms with E-state index in [1.165, 1.54) is 7.11 Å². The fraction of sp³-hybridized carbons (Fsp3) is 0.700. The standard InChI is InChI=1S/C10H16ClN3O2/c1-4-5-7(2)6-16-10-13-8(11)12-9(14-10)15-3/h7H,4-6H2,1-3H3. The lowest BCUT2D eigenvalue weighted by Crippen LogP contribution is -2.10. The second-order valence-corrected chi connectivity index (χ2v) is 3.92. The van der Waals surface area contributed by atoms with Crippen molar-refractivity contribution in [1.29, 1.82) is 0 Å². The molecule has 6 heteroatoms. The highest BCUT2D eigenvalue weighted by atomic mass is 35.5. The van der Waals surface area contributed by atoms with Gasteiger partial charge in [0, 0.05) is 0 Å². The SMILES string of the molecule is CCCC(C)COc1nc(Cl)nc(OC)n1. The van der Waals surface area contributed by atoms with E-state index in [0.717, 1.165) is 12.8 Å². The van der Waals surface area contributed by atoms with Gasteiger partial charge in [0.25, 0.3) is 0 Å². The van der Waals surface area contributed by atoms with Crippen molar-refractivity contribution in [3.63, 3.8) is 0 Å². The predicted molar refractivity (Wildman–Crippen MR) is 61.0 cm³/mol. The third-order valence-corrected chi connectivity index (χ3v) is 2.20. The first-order valence-corrected chi connectivity index (χ1v) is 5.61. The number of nitrogens with zero attached hydrogens (tertiary/aromatic N) is 3. The zero-order chi connectivity index (χ0) is 12.0. The molecule has 0 amide bonds. The normalized spacial score (nSPS) is 12.2. The highest BCUT2D eigenvalue weighted by Crippen LogP contribution is 2.14. The number of hydrogen-bond donors (Lipinski definition) is 0. The van der Waals surface area contributed by atoms with Crippen LogP contribution in [-0.4, -0.2) is 28.7 Å². The topological polar surface area (TPSA) is 57.1 Å². The van der Waals surface area contributed by atoms with Gasteiger partial charge in [-0.25, -0.2) is 0 Å². The maximum atomic E-state index is 5.68. The molecule has 0 radical (unpaired) electrons. The van der Waals surface area contributed by atoms with E-state index >= 15 is 0 Å². The minimum absolute atomic E-state index is 0.0741. The van der Waals surface area contributed by atoms with Crippen LogP contribution >= 0.6 is 11.6 Å². The lowest BCUT2D eigenvalue weighted by molar-refractivity contribution is 0.228. The van der Waals surface area contributed by atoms with Gasteiger partial charge >= 0.3 is 12.0 Å². The van der Waals surface area contributed by atoms with Gasteiger partial charge in [-0.1, -0.05) is 20.3 Å². The molecular weight excluding hydrogens is 230 g/mol. The molecule has 5 nitrogen and oxygen atoms in total. The van der Waals surface area contributed by atoms with E-state index in [1.807, 2.05) is 0 Å². The van der Waals surface area contributed by atoms with Crippen LogP contribution < -0.4 is 9.47 Å². The molecule has 0 aliphatic heterocycles. The summed E-state index contributed by atoms with van der Waals surface area (Å²) in [6.07, 6.45) is 2.24. The second-order valence-electron chi connectivity index (χ2n) is 3.58. The maximum absolute atomic E-state index is 5.68. The van der Waals surface area contributed by atoms with Gasteiger partial charge < -0.3 is 9.47 Å². The molecule has 1 rings (SSSR count). The molecule has 1 atom stereocenters. The minimum atomic E-state index is 0.0741. The van der Waals surface area contributed by atoms with Crippen LogP contribution in [0.1, 0.15) is 26.7 Å². The molecule has 1 unspecified atom stereocenters. The number of ether oxygens (including phenoxy) is 2. The fourth-order valence-corrected chi connectivity index (χ4v) is 1.41. The Bertz CT molecular complexity index is 336. The van der Waals surface area contributed by atoms with E-state index in [4.69, 9.17) is 21.1 Å². The molecule has 1 aromatic heterocycles. The first-order chi connectivity index (χ1) is 7.65. The van der Waals surface area contributed by atoms with E-state index in [9.17, 15) is 0 Å². The van der Waals surface area contributed by atoms with Crippen LogP contribution in [0.4, 0.5) is 0 Å². The second kappa shape index (κ2) is 6.48. The largest absolute Gasteiger partial charge is 0.467 e. The molecule has 0 aromatic carbocycles. The zero-order valence-electron chi connectivity index (χ0n) is 9.73. The summed E-state index contributed by atoms with van der Waals surface area (Å²) in [7, 11) is 1.47. The van der Waals surface area contributed by atoms with Gasteiger partial charge in [-0.15, -0.1) is 4.98 Å². The average Bonchev–Trinajstić information content (AvgIpc) is 2.26. The summed E-state index contributed by atoms with van der Waals surface area (Å²) in [6, 6.07) is 0.373. The highest BCUT2D eigenvalue weighted by molar-refractivity contribution is 6.28. The van der Waals surface area contributed by atoms with Gasteiger partial charge in [0.05, 0.1) is 13.7 Å². The molecule has 90 valence electrons. The molecule has 0 aliphatic carbocycles. The van der Waals surface area contributed by atoms with Gasteiger partial charge in [0.15, 0.2) is 0 Å². The zero-order valence-corrected chi connectivity index (χ0v) is 10.5. The van der Waals surface area contributed by atoms with Crippen LogP contribution in [0.25, 0.3) is 0 Å². The molecular formula is C10H16ClN3O2. The monoisotopic (exact) mass is 245 g/mol. The molecule has 1 heterocycles. The van der Waals surface area contributed by atoms with Crippen molar-refractivity contribution < 1.29 is 9.47 Å². The van der Waals surface area contributed by atoms with Crippen LogP contribution in [-0.2, 0) is 0 Å². The Morgan fingerprint density at radius 3 is 2.56 bits per heavy atom. The maximum Gasteiger partial charge on any atom is 0.323 e. The number of halogens is 1. The number of methoxy groups -OCH3 is 1. The third-order valence-electron chi connectivity index (χ3n) is 2.03. The lowest BCUT2D eigenvalue weighted by atomic mass is 10.1. The van der Waals surface area contributed by atoms with E-state index in [-0.39, 0.29) is 17.3 Å². The lowest BCUT2D eigenvalue weighted by Gasteiger charge is -2.10. The fourth-order valence-electron chi connectivity index (χ4n) is 1.26. The number of rotatable bonds is 6. The summed E-state index contributed by atoms with van der Waals surface area (Å²) < 4.78 is 10.3. The molecule has 0 saturated carbocycles. The van der Waals surface area contributed by atoms with Crippen LogP contribution in [0.3, 0.4) is 0 Å². The molecule has 1 aromatic rings. The summed E-state index contributed by atoms with van der Waals surface area (Å²) in [5, 5.41) is 0.0741. The Balaban J connectivity index is 2.56. The average molecular weight is 246 g/mol. The smallest absolute Gasteiger partial charge is 0.323 e. The third kappa shape index (κ3) is 4.18. The Labute approximate surface area is 100 Å². The summed E-state index contributed by atoms with van der Waals surface area (Å²) in [5.74, 6) is 0.464. The van der Waals surface area contributed by atoms with Gasteiger partial charge in [-0.3, -0.25) is 0 Å². The minimum Gasteiger partial charge on any atom is -0.467 e. The molecule has 0 spiro atoms. The van der Waals surface area contributed by atoms with Gasteiger partial charge in [0.2, 0.25) is 5.28 Å². The summed E-state index contributed by atoms with van der Waals surface area (Å²) >= 11 is 5.68. The molecule has 0 fully saturated rings.